The first-order chi connectivity index (χ1) is 9.74. The zero-order valence-electron chi connectivity index (χ0n) is 12.2. The second-order valence-electron chi connectivity index (χ2n) is 4.60. The Morgan fingerprint density at radius 2 is 2.15 bits per heavy atom. The van der Waals surface area contributed by atoms with Crippen molar-refractivity contribution in [3.63, 3.8) is 0 Å². The summed E-state index contributed by atoms with van der Waals surface area (Å²) in [6.07, 6.45) is 4.73. The third kappa shape index (κ3) is 3.51. The molecule has 0 atom stereocenters. The van der Waals surface area contributed by atoms with E-state index in [-0.39, 0.29) is 0 Å². The van der Waals surface area contributed by atoms with Gasteiger partial charge in [-0.3, -0.25) is 0 Å². The third-order valence-corrected chi connectivity index (χ3v) is 3.11. The normalized spacial score (nSPS) is 10.6. The number of methoxy groups -OCH3 is 2. The van der Waals surface area contributed by atoms with Crippen LogP contribution in [0.1, 0.15) is 12.0 Å². The summed E-state index contributed by atoms with van der Waals surface area (Å²) in [7, 11) is 3.39. The van der Waals surface area contributed by atoms with Gasteiger partial charge in [0.2, 0.25) is 5.95 Å². The second kappa shape index (κ2) is 6.96. The van der Waals surface area contributed by atoms with Crippen molar-refractivity contribution in [3.8, 4) is 5.75 Å². The van der Waals surface area contributed by atoms with Gasteiger partial charge < -0.3 is 19.4 Å². The van der Waals surface area contributed by atoms with Crippen LogP contribution in [0.15, 0.2) is 30.6 Å². The fourth-order valence-electron chi connectivity index (χ4n) is 2.08. The number of aromatic nitrogens is 2. The summed E-state index contributed by atoms with van der Waals surface area (Å²) < 4.78 is 12.4. The molecule has 108 valence electrons. The molecular formula is C15H21N3O2. The summed E-state index contributed by atoms with van der Waals surface area (Å²) >= 11 is 0. The van der Waals surface area contributed by atoms with Gasteiger partial charge >= 0.3 is 0 Å². The molecule has 2 rings (SSSR count). The number of anilines is 2. The van der Waals surface area contributed by atoms with Crippen molar-refractivity contribution < 1.29 is 9.47 Å². The molecule has 1 N–H and O–H groups in total. The Kier molecular flexibility index (Phi) is 5.01. The van der Waals surface area contributed by atoms with Gasteiger partial charge in [0.25, 0.3) is 0 Å². The minimum atomic E-state index is 0.749. The van der Waals surface area contributed by atoms with Crippen molar-refractivity contribution in [1.29, 1.82) is 0 Å². The second-order valence-corrected chi connectivity index (χ2v) is 4.60. The molecule has 0 spiro atoms. The predicted molar refractivity (Wildman–Crippen MR) is 79.7 cm³/mol. The Labute approximate surface area is 119 Å². The molecule has 1 aromatic heterocycles. The maximum absolute atomic E-state index is 5.26. The monoisotopic (exact) mass is 275 g/mol. The lowest BCUT2D eigenvalue weighted by molar-refractivity contribution is 0.190. The van der Waals surface area contributed by atoms with Gasteiger partial charge in [-0.25, -0.2) is 4.98 Å². The number of aryl methyl sites for hydroxylation is 2. The van der Waals surface area contributed by atoms with Crippen LogP contribution in [-0.2, 0) is 11.3 Å². The van der Waals surface area contributed by atoms with Gasteiger partial charge in [-0.15, -0.1) is 0 Å². The lowest BCUT2D eigenvalue weighted by Gasteiger charge is -2.11. The average Bonchev–Trinajstić information content (AvgIpc) is 2.87. The Morgan fingerprint density at radius 3 is 2.85 bits per heavy atom. The molecule has 0 unspecified atom stereocenters. The molecule has 0 fully saturated rings. The fourth-order valence-corrected chi connectivity index (χ4v) is 2.08. The van der Waals surface area contributed by atoms with Gasteiger partial charge in [-0.2, -0.15) is 0 Å². The van der Waals surface area contributed by atoms with E-state index in [1.165, 1.54) is 0 Å². The molecule has 0 radical (unpaired) electrons. The molecule has 0 bridgehead atoms. The van der Waals surface area contributed by atoms with Crippen molar-refractivity contribution in [2.45, 2.75) is 19.9 Å². The molecule has 20 heavy (non-hydrogen) atoms. The number of nitrogens with one attached hydrogen (secondary N) is 1. The molecule has 0 saturated heterocycles. The molecule has 5 heteroatoms. The van der Waals surface area contributed by atoms with E-state index in [0.717, 1.165) is 42.5 Å². The van der Waals surface area contributed by atoms with Gasteiger partial charge in [0.05, 0.1) is 7.11 Å². The lowest BCUT2D eigenvalue weighted by Crippen LogP contribution is -2.05. The number of hydrogen-bond acceptors (Lipinski definition) is 4. The van der Waals surface area contributed by atoms with Crippen LogP contribution in [0.3, 0.4) is 0 Å². The van der Waals surface area contributed by atoms with Gasteiger partial charge in [0, 0.05) is 38.3 Å². The van der Waals surface area contributed by atoms with Crippen molar-refractivity contribution in [3.05, 3.63) is 36.2 Å². The highest BCUT2D eigenvalue weighted by Gasteiger charge is 2.05. The number of ether oxygens (including phenoxy) is 2. The summed E-state index contributed by atoms with van der Waals surface area (Å²) in [5.41, 5.74) is 2.09. The number of benzene rings is 1. The highest BCUT2D eigenvalue weighted by molar-refractivity contribution is 5.57. The molecule has 0 aliphatic heterocycles. The number of nitrogens with zero attached hydrogens (tertiary/aromatic N) is 2. The summed E-state index contributed by atoms with van der Waals surface area (Å²) in [6, 6.07) is 5.99. The fraction of sp³-hybridized carbons (Fsp3) is 0.400. The van der Waals surface area contributed by atoms with Gasteiger partial charge in [-0.1, -0.05) is 0 Å². The first kappa shape index (κ1) is 14.4. The Balaban J connectivity index is 2.06. The maximum Gasteiger partial charge on any atom is 0.207 e. The van der Waals surface area contributed by atoms with Crippen molar-refractivity contribution in [2.24, 2.45) is 0 Å². The van der Waals surface area contributed by atoms with Crippen LogP contribution < -0.4 is 10.1 Å². The van der Waals surface area contributed by atoms with Crippen LogP contribution in [-0.4, -0.2) is 30.4 Å². The van der Waals surface area contributed by atoms with E-state index >= 15 is 0 Å². The van der Waals surface area contributed by atoms with Gasteiger partial charge in [0.1, 0.15) is 5.75 Å². The lowest BCUT2D eigenvalue weighted by atomic mass is 10.2. The quantitative estimate of drug-likeness (QED) is 0.789. The van der Waals surface area contributed by atoms with E-state index in [9.17, 15) is 0 Å². The van der Waals surface area contributed by atoms with Gasteiger partial charge in [-0.05, 0) is 37.1 Å². The van der Waals surface area contributed by atoms with Crippen LogP contribution in [0.5, 0.6) is 5.75 Å². The van der Waals surface area contributed by atoms with E-state index in [1.54, 1.807) is 20.4 Å². The van der Waals surface area contributed by atoms with E-state index in [2.05, 4.69) is 14.9 Å². The first-order valence-corrected chi connectivity index (χ1v) is 6.66. The number of hydrogen-bond donors (Lipinski definition) is 1. The standard InChI is InChI=1S/C15H21N3O2/c1-12-11-13(5-6-14(12)20-3)17-15-16-7-9-18(15)8-4-10-19-2/h5-7,9,11H,4,8,10H2,1-3H3,(H,16,17). The van der Waals surface area contributed by atoms with E-state index < -0.39 is 0 Å². The van der Waals surface area contributed by atoms with Crippen LogP contribution in [0.4, 0.5) is 11.6 Å². The number of imidazole rings is 1. The SMILES string of the molecule is COCCCn1ccnc1Nc1ccc(OC)c(C)c1. The van der Waals surface area contributed by atoms with Crippen LogP contribution >= 0.6 is 0 Å². The first-order valence-electron chi connectivity index (χ1n) is 6.66. The summed E-state index contributed by atoms with van der Waals surface area (Å²) in [4.78, 5) is 4.34. The highest BCUT2D eigenvalue weighted by atomic mass is 16.5. The van der Waals surface area contributed by atoms with E-state index in [4.69, 9.17) is 9.47 Å². The van der Waals surface area contributed by atoms with Crippen molar-refractivity contribution in [1.82, 2.24) is 9.55 Å². The summed E-state index contributed by atoms with van der Waals surface area (Å²) in [5, 5.41) is 3.33. The molecule has 0 amide bonds. The number of rotatable bonds is 7. The van der Waals surface area contributed by atoms with Gasteiger partial charge in [0.15, 0.2) is 0 Å². The van der Waals surface area contributed by atoms with E-state index in [0.29, 0.717) is 0 Å². The molecule has 0 saturated carbocycles. The van der Waals surface area contributed by atoms with Crippen molar-refractivity contribution >= 4 is 11.6 Å². The molecule has 1 heterocycles. The average molecular weight is 275 g/mol. The summed E-state index contributed by atoms with van der Waals surface area (Å²) in [5.74, 6) is 1.73. The Bertz CT molecular complexity index is 552. The topological polar surface area (TPSA) is 48.3 Å². The Hall–Kier alpha value is -2.01. The van der Waals surface area contributed by atoms with E-state index in [1.807, 2.05) is 31.3 Å². The van der Waals surface area contributed by atoms with Crippen molar-refractivity contribution in [2.75, 3.05) is 26.1 Å². The molecule has 5 nitrogen and oxygen atoms in total. The predicted octanol–water partition coefficient (Wildman–Crippen LogP) is 2.98. The minimum absolute atomic E-state index is 0.749. The minimum Gasteiger partial charge on any atom is -0.496 e. The van der Waals surface area contributed by atoms with Crippen LogP contribution in [0, 0.1) is 6.92 Å². The maximum atomic E-state index is 5.26. The molecule has 1 aromatic carbocycles. The molecule has 0 aliphatic carbocycles. The molecular weight excluding hydrogens is 254 g/mol. The zero-order chi connectivity index (χ0) is 14.4. The molecule has 2 aromatic rings. The third-order valence-electron chi connectivity index (χ3n) is 3.11. The zero-order valence-corrected chi connectivity index (χ0v) is 12.2. The smallest absolute Gasteiger partial charge is 0.207 e. The Morgan fingerprint density at radius 1 is 1.30 bits per heavy atom. The van der Waals surface area contributed by atoms with Crippen LogP contribution in [0.2, 0.25) is 0 Å². The highest BCUT2D eigenvalue weighted by Crippen LogP contribution is 2.23. The van der Waals surface area contributed by atoms with Crippen LogP contribution in [0.25, 0.3) is 0 Å². The summed E-state index contributed by atoms with van der Waals surface area (Å²) in [6.45, 7) is 3.65. The largest absolute Gasteiger partial charge is 0.496 e. The molecule has 0 aliphatic rings.